The molecule has 0 fully saturated rings. The summed E-state index contributed by atoms with van der Waals surface area (Å²) < 4.78 is 5.44. The van der Waals surface area contributed by atoms with Gasteiger partial charge in [0.25, 0.3) is 0 Å². The highest BCUT2D eigenvalue weighted by atomic mass is 79.9. The molecule has 0 amide bonds. The van der Waals surface area contributed by atoms with E-state index in [0.29, 0.717) is 17.7 Å². The van der Waals surface area contributed by atoms with E-state index in [1.807, 2.05) is 163 Å². The van der Waals surface area contributed by atoms with Crippen molar-refractivity contribution >= 4 is 93.2 Å². The SMILES string of the molecule is Brc1ccccc1-c1cc(-c2cccc(-c3cc(-c4ccccc4)nc(-c4ccccc4Br)c3)c2)cc(-c2ccccc2)n1.O=C(/C=C/c1cccc(/C=C/C(=O)c2ccccc2Br)c1)c1ccccc1Br.O=C(C[n+]1ccccc1)c1ccccc1.[Br-]. The van der Waals surface area contributed by atoms with E-state index in [9.17, 15) is 14.4 Å². The average molecular weight is 1470 g/mol. The average Bonchev–Trinajstić information content (AvgIpc) is 2.00. The zero-order valence-corrected chi connectivity index (χ0v) is 55.1. The van der Waals surface area contributed by atoms with Crippen LogP contribution >= 0.6 is 63.7 Å². The predicted molar refractivity (Wildman–Crippen MR) is 369 cm³/mol. The molecule has 88 heavy (non-hydrogen) atoms. The van der Waals surface area contributed by atoms with Gasteiger partial charge in [-0.15, -0.1) is 0 Å². The molecule has 0 aliphatic rings. The van der Waals surface area contributed by atoms with E-state index in [1.54, 1.807) is 36.4 Å². The van der Waals surface area contributed by atoms with E-state index < -0.39 is 0 Å². The molecule has 0 aliphatic heterocycles. The van der Waals surface area contributed by atoms with Crippen LogP contribution in [0.2, 0.25) is 0 Å². The first-order valence-electron chi connectivity index (χ1n) is 27.8. The lowest BCUT2D eigenvalue weighted by Gasteiger charge is -2.14. The first-order chi connectivity index (χ1) is 42.5. The molecule has 0 radical (unpaired) electrons. The molecule has 0 saturated carbocycles. The number of benzene rings is 9. The molecule has 12 rings (SSSR count). The number of ketones is 3. The third-order valence-electron chi connectivity index (χ3n) is 13.9. The van der Waals surface area contributed by atoms with Crippen LogP contribution in [0.25, 0.3) is 79.4 Å². The highest BCUT2D eigenvalue weighted by molar-refractivity contribution is 9.11. The summed E-state index contributed by atoms with van der Waals surface area (Å²) in [6.07, 6.45) is 10.4. The Bertz CT molecular complexity index is 4200. The molecular formula is C77H54Br5N3O3. The molecule has 11 heteroatoms. The zero-order chi connectivity index (χ0) is 60.3. The maximum absolute atomic E-state index is 12.3. The molecule has 430 valence electrons. The fourth-order valence-electron chi connectivity index (χ4n) is 9.43. The maximum Gasteiger partial charge on any atom is 0.227 e. The number of hydrogen-bond donors (Lipinski definition) is 0. The number of carbonyl (C=O) groups excluding carboxylic acids is 3. The number of carbonyl (C=O) groups is 3. The Morgan fingerprint density at radius 1 is 0.341 bits per heavy atom. The summed E-state index contributed by atoms with van der Waals surface area (Å²) in [6, 6.07) is 92.1. The Morgan fingerprint density at radius 3 is 1.15 bits per heavy atom. The van der Waals surface area contributed by atoms with E-state index in [0.717, 1.165) is 102 Å². The molecule has 0 bridgehead atoms. The van der Waals surface area contributed by atoms with Crippen LogP contribution in [0.15, 0.2) is 321 Å². The fourth-order valence-corrected chi connectivity index (χ4v) is 11.4. The lowest BCUT2D eigenvalue weighted by atomic mass is 9.95. The summed E-state index contributed by atoms with van der Waals surface area (Å²) in [5.74, 6) is -0.0122. The third-order valence-corrected chi connectivity index (χ3v) is 16.6. The minimum Gasteiger partial charge on any atom is -1.00 e. The van der Waals surface area contributed by atoms with Gasteiger partial charge in [-0.05, 0) is 118 Å². The van der Waals surface area contributed by atoms with Crippen LogP contribution < -0.4 is 21.5 Å². The van der Waals surface area contributed by atoms with Crippen molar-refractivity contribution in [2.24, 2.45) is 0 Å². The Balaban J connectivity index is 0.000000178. The summed E-state index contributed by atoms with van der Waals surface area (Å²) in [5.41, 5.74) is 16.2. The topological polar surface area (TPSA) is 80.9 Å². The quantitative estimate of drug-likeness (QED) is 0.0580. The standard InChI is InChI=1S/C40H26Br2N2.C24H16Br2O2.C13H12NO.BrH/c41-35-20-9-7-18-33(35)39-25-31(23-37(43-39)27-12-3-1-4-13-27)29-16-11-17-30(22-29)32-24-38(28-14-5-2-6-15-28)44-40(26-32)34-19-8-10-21-36(34)42;25-21-10-3-1-8-19(21)23(27)14-12-17-6-5-7-18(16-17)13-15-24(28)20-9-2-4-11-22(20)26;15-13(12-7-3-1-4-8-12)11-14-9-5-2-6-10-14;/h1-26H;1-16H;1-10H,11H2;1H/q;;+1;/p-1/b;14-12+,15-13+;;. The summed E-state index contributed by atoms with van der Waals surface area (Å²) in [5, 5.41) is 0. The van der Waals surface area contributed by atoms with E-state index in [4.69, 9.17) is 9.97 Å². The number of pyridine rings is 3. The molecule has 0 N–H and O–H groups in total. The van der Waals surface area contributed by atoms with Crippen LogP contribution in [0.5, 0.6) is 0 Å². The minimum absolute atomic E-state index is 0. The molecule has 0 saturated heterocycles. The highest BCUT2D eigenvalue weighted by Crippen LogP contribution is 2.37. The summed E-state index contributed by atoms with van der Waals surface area (Å²) in [6.45, 7) is 0.394. The summed E-state index contributed by atoms with van der Waals surface area (Å²) >= 11 is 14.3. The number of Topliss-reactive ketones (excluding diaryl/α,β-unsaturated/α-hetero) is 1. The van der Waals surface area contributed by atoms with Gasteiger partial charge in [0, 0.05) is 69.0 Å². The second kappa shape index (κ2) is 31.8. The summed E-state index contributed by atoms with van der Waals surface area (Å²) in [7, 11) is 0. The fraction of sp³-hybridized carbons (Fsp3) is 0.0130. The molecule has 3 heterocycles. The van der Waals surface area contributed by atoms with Crippen molar-refractivity contribution in [2.45, 2.75) is 6.54 Å². The van der Waals surface area contributed by atoms with E-state index in [-0.39, 0.29) is 34.3 Å². The lowest BCUT2D eigenvalue weighted by Crippen LogP contribution is -3.00. The minimum atomic E-state index is -0.0717. The van der Waals surface area contributed by atoms with Gasteiger partial charge in [0.05, 0.1) is 22.8 Å². The van der Waals surface area contributed by atoms with E-state index in [1.165, 1.54) is 0 Å². The number of hydrogen-bond acceptors (Lipinski definition) is 5. The zero-order valence-electron chi connectivity index (χ0n) is 47.2. The molecule has 0 atom stereocenters. The second-order valence-corrected chi connectivity index (χ2v) is 23.3. The first kappa shape index (κ1) is 63.8. The first-order valence-corrected chi connectivity index (χ1v) is 31.0. The van der Waals surface area contributed by atoms with Crippen molar-refractivity contribution in [3.63, 3.8) is 0 Å². The largest absolute Gasteiger partial charge is 1.00 e. The molecule has 12 aromatic rings. The molecule has 0 spiro atoms. The number of rotatable bonds is 15. The van der Waals surface area contributed by atoms with Gasteiger partial charge in [0.15, 0.2) is 24.0 Å². The van der Waals surface area contributed by atoms with Crippen molar-refractivity contribution in [3.8, 4) is 67.3 Å². The number of nitrogens with zero attached hydrogens (tertiary/aromatic N) is 3. The number of halogens is 5. The molecule has 9 aromatic carbocycles. The number of aromatic nitrogens is 3. The van der Waals surface area contributed by atoms with Crippen LogP contribution in [0, 0.1) is 0 Å². The van der Waals surface area contributed by atoms with Crippen LogP contribution in [0.3, 0.4) is 0 Å². The Morgan fingerprint density at radius 2 is 0.705 bits per heavy atom. The van der Waals surface area contributed by atoms with Gasteiger partial charge in [0.1, 0.15) is 0 Å². The van der Waals surface area contributed by atoms with Gasteiger partial charge >= 0.3 is 0 Å². The van der Waals surface area contributed by atoms with Gasteiger partial charge in [-0.2, -0.15) is 4.57 Å². The van der Waals surface area contributed by atoms with Gasteiger partial charge in [-0.1, -0.05) is 270 Å². The third kappa shape index (κ3) is 17.3. The Labute approximate surface area is 557 Å². The van der Waals surface area contributed by atoms with Crippen molar-refractivity contribution in [3.05, 3.63) is 349 Å². The molecule has 3 aromatic heterocycles. The number of allylic oxidation sites excluding steroid dienone is 2. The van der Waals surface area contributed by atoms with Gasteiger partial charge in [-0.3, -0.25) is 14.4 Å². The second-order valence-electron chi connectivity index (χ2n) is 19.9. The van der Waals surface area contributed by atoms with Gasteiger partial charge < -0.3 is 17.0 Å². The van der Waals surface area contributed by atoms with Crippen molar-refractivity contribution < 1.29 is 35.9 Å². The molecule has 0 unspecified atom stereocenters. The molecular weight excluding hydrogens is 1410 g/mol. The Kier molecular flexibility index (Phi) is 23.1. The maximum atomic E-state index is 12.3. The summed E-state index contributed by atoms with van der Waals surface area (Å²) in [4.78, 5) is 46.7. The van der Waals surface area contributed by atoms with Gasteiger partial charge in [-0.25, -0.2) is 9.97 Å². The van der Waals surface area contributed by atoms with Crippen molar-refractivity contribution in [1.29, 1.82) is 0 Å². The monoisotopic (exact) mass is 1460 g/mol. The lowest BCUT2D eigenvalue weighted by molar-refractivity contribution is -0.683. The van der Waals surface area contributed by atoms with Crippen LogP contribution in [-0.4, -0.2) is 27.3 Å². The molecule has 6 nitrogen and oxygen atoms in total. The van der Waals surface area contributed by atoms with E-state index >= 15 is 0 Å². The van der Waals surface area contributed by atoms with E-state index in [2.05, 4.69) is 185 Å². The Hall–Kier alpha value is -8.68. The smallest absolute Gasteiger partial charge is 0.227 e. The predicted octanol–water partition coefficient (Wildman–Crippen LogP) is 17.9. The van der Waals surface area contributed by atoms with Crippen LogP contribution in [-0.2, 0) is 6.54 Å². The highest BCUT2D eigenvalue weighted by Gasteiger charge is 2.16. The van der Waals surface area contributed by atoms with Gasteiger partial charge in [0.2, 0.25) is 12.3 Å². The van der Waals surface area contributed by atoms with Crippen molar-refractivity contribution in [2.75, 3.05) is 0 Å². The van der Waals surface area contributed by atoms with Crippen LogP contribution in [0.1, 0.15) is 42.2 Å². The molecule has 0 aliphatic carbocycles. The van der Waals surface area contributed by atoms with Crippen LogP contribution in [0.4, 0.5) is 0 Å². The van der Waals surface area contributed by atoms with Crippen molar-refractivity contribution in [1.82, 2.24) is 9.97 Å². The normalized spacial score (nSPS) is 10.7.